The van der Waals surface area contributed by atoms with Crippen molar-refractivity contribution < 1.29 is 18.0 Å². The topological polar surface area (TPSA) is 86.8 Å². The van der Waals surface area contributed by atoms with Crippen LogP contribution in [-0.4, -0.2) is 50.0 Å². The Labute approximate surface area is 240 Å². The number of carbonyl (C=O) groups excluding carboxylic acids is 2. The summed E-state index contributed by atoms with van der Waals surface area (Å²) in [5.41, 5.74) is 2.80. The number of hydrogen-bond acceptors (Lipinski definition) is 4. The zero-order chi connectivity index (χ0) is 28.7. The average molecular weight is 591 g/mol. The zero-order valence-electron chi connectivity index (χ0n) is 22.4. The number of rotatable bonds is 11. The van der Waals surface area contributed by atoms with Crippen molar-refractivity contribution in [1.82, 2.24) is 10.2 Å². The maximum absolute atomic E-state index is 14.0. The third kappa shape index (κ3) is 8.46. The van der Waals surface area contributed by atoms with Gasteiger partial charge in [-0.15, -0.1) is 0 Å². The summed E-state index contributed by atoms with van der Waals surface area (Å²) in [6.07, 6.45) is 1.24. The highest BCUT2D eigenvalue weighted by Gasteiger charge is 2.33. The van der Waals surface area contributed by atoms with Crippen molar-refractivity contribution in [3.63, 3.8) is 0 Å². The van der Waals surface area contributed by atoms with E-state index in [1.54, 1.807) is 6.07 Å². The Balaban J connectivity index is 2.07. The summed E-state index contributed by atoms with van der Waals surface area (Å²) in [6.45, 7) is 5.18. The second-order valence-corrected chi connectivity index (χ2v) is 12.4. The minimum atomic E-state index is -3.95. The van der Waals surface area contributed by atoms with Crippen molar-refractivity contribution in [3.8, 4) is 0 Å². The van der Waals surface area contributed by atoms with E-state index in [-0.39, 0.29) is 40.6 Å². The number of anilines is 1. The van der Waals surface area contributed by atoms with Crippen LogP contribution in [-0.2, 0) is 32.6 Å². The van der Waals surface area contributed by atoms with Gasteiger partial charge in [-0.25, -0.2) is 8.42 Å². The first-order valence-corrected chi connectivity index (χ1v) is 15.1. The molecule has 0 bridgehead atoms. The summed E-state index contributed by atoms with van der Waals surface area (Å²) in [4.78, 5) is 29.0. The molecule has 3 aromatic carbocycles. The summed E-state index contributed by atoms with van der Waals surface area (Å²) >= 11 is 12.5. The maximum Gasteiger partial charge on any atom is 0.244 e. The maximum atomic E-state index is 14.0. The van der Waals surface area contributed by atoms with Gasteiger partial charge in [-0.05, 0) is 44.0 Å². The average Bonchev–Trinajstić information content (AvgIpc) is 2.87. The van der Waals surface area contributed by atoms with Crippen molar-refractivity contribution in [2.45, 2.75) is 45.8 Å². The molecule has 3 aromatic rings. The molecule has 0 radical (unpaired) electrons. The number of nitrogens with zero attached hydrogens (tertiary/aromatic N) is 2. The second-order valence-electron chi connectivity index (χ2n) is 9.72. The molecule has 39 heavy (non-hydrogen) atoms. The van der Waals surface area contributed by atoms with E-state index in [2.05, 4.69) is 5.32 Å². The predicted octanol–water partition coefficient (Wildman–Crippen LogP) is 5.23. The Morgan fingerprint density at radius 1 is 0.897 bits per heavy atom. The number of aryl methyl sites for hydroxylation is 1. The molecule has 0 saturated carbocycles. The van der Waals surface area contributed by atoms with Gasteiger partial charge in [0.15, 0.2) is 0 Å². The molecule has 0 saturated heterocycles. The fraction of sp³-hybridized carbons (Fsp3) is 0.310. The number of benzene rings is 3. The lowest BCUT2D eigenvalue weighted by Gasteiger charge is -2.34. The monoisotopic (exact) mass is 589 g/mol. The summed E-state index contributed by atoms with van der Waals surface area (Å²) in [5.74, 6) is -0.891. The second kappa shape index (κ2) is 13.3. The van der Waals surface area contributed by atoms with Gasteiger partial charge in [0.05, 0.1) is 22.0 Å². The van der Waals surface area contributed by atoms with Crippen LogP contribution in [0.15, 0.2) is 72.8 Å². The van der Waals surface area contributed by atoms with Gasteiger partial charge in [-0.3, -0.25) is 13.9 Å². The van der Waals surface area contributed by atoms with Gasteiger partial charge in [-0.1, -0.05) is 89.4 Å². The molecule has 0 aromatic heterocycles. The Kier molecular flexibility index (Phi) is 10.4. The van der Waals surface area contributed by atoms with E-state index in [9.17, 15) is 18.0 Å². The van der Waals surface area contributed by atoms with Crippen LogP contribution in [0.2, 0.25) is 10.0 Å². The molecule has 0 unspecified atom stereocenters. The highest BCUT2D eigenvalue weighted by Crippen LogP contribution is 2.33. The number of hydrogen-bond donors (Lipinski definition) is 1. The van der Waals surface area contributed by atoms with Crippen LogP contribution in [0.1, 0.15) is 30.5 Å². The third-order valence-electron chi connectivity index (χ3n) is 6.05. The Bertz CT molecular complexity index is 1400. The molecule has 7 nitrogen and oxygen atoms in total. The number of nitrogens with one attached hydrogen (secondary N) is 1. The Morgan fingerprint density at radius 3 is 2.13 bits per heavy atom. The molecular weight excluding hydrogens is 557 g/mol. The van der Waals surface area contributed by atoms with E-state index in [0.29, 0.717) is 0 Å². The quantitative estimate of drug-likeness (QED) is 0.331. The van der Waals surface area contributed by atoms with Gasteiger partial charge in [0.1, 0.15) is 12.6 Å². The first-order valence-electron chi connectivity index (χ1n) is 12.5. The lowest BCUT2D eigenvalue weighted by Crippen LogP contribution is -2.54. The van der Waals surface area contributed by atoms with E-state index >= 15 is 0 Å². The molecule has 0 aliphatic rings. The molecule has 1 N–H and O–H groups in total. The summed E-state index contributed by atoms with van der Waals surface area (Å²) in [7, 11) is -3.95. The van der Waals surface area contributed by atoms with Crippen molar-refractivity contribution in [2.75, 3.05) is 17.1 Å². The minimum absolute atomic E-state index is 0.0147. The highest BCUT2D eigenvalue weighted by atomic mass is 35.5. The highest BCUT2D eigenvalue weighted by molar-refractivity contribution is 7.92. The standard InChI is InChI=1S/C29H33Cl2N3O4S/c1-20(2)32-29(36)26(17-22-9-6-5-7-10-22)33(18-23-15-13-21(3)14-16-23)27(35)19-34(39(4,37)38)25-12-8-11-24(30)28(25)31/h5-16,20,26H,17-19H2,1-4H3,(H,32,36)/t26-/m1/s1. The lowest BCUT2D eigenvalue weighted by molar-refractivity contribution is -0.140. The van der Waals surface area contributed by atoms with Crippen LogP contribution >= 0.6 is 23.2 Å². The number of amides is 2. The number of sulfonamides is 1. The predicted molar refractivity (Wildman–Crippen MR) is 158 cm³/mol. The zero-order valence-corrected chi connectivity index (χ0v) is 24.7. The van der Waals surface area contributed by atoms with Crippen molar-refractivity contribution in [2.24, 2.45) is 0 Å². The fourth-order valence-corrected chi connectivity index (χ4v) is 5.41. The molecule has 0 aliphatic carbocycles. The summed E-state index contributed by atoms with van der Waals surface area (Å²) < 4.78 is 26.6. The van der Waals surface area contributed by atoms with Gasteiger partial charge in [-0.2, -0.15) is 0 Å². The van der Waals surface area contributed by atoms with Crippen LogP contribution in [0.5, 0.6) is 0 Å². The normalized spacial score (nSPS) is 12.2. The third-order valence-corrected chi connectivity index (χ3v) is 7.99. The van der Waals surface area contributed by atoms with E-state index in [0.717, 1.165) is 27.3 Å². The smallest absolute Gasteiger partial charge is 0.244 e. The molecule has 0 aliphatic heterocycles. The molecule has 2 amide bonds. The van der Waals surface area contributed by atoms with Crippen LogP contribution in [0.25, 0.3) is 0 Å². The van der Waals surface area contributed by atoms with E-state index in [4.69, 9.17) is 23.2 Å². The molecule has 1 atom stereocenters. The number of halogens is 2. The van der Waals surface area contributed by atoms with E-state index in [1.807, 2.05) is 75.4 Å². The van der Waals surface area contributed by atoms with Crippen LogP contribution in [0.4, 0.5) is 5.69 Å². The summed E-state index contributed by atoms with van der Waals surface area (Å²) in [6, 6.07) is 20.5. The Hall–Kier alpha value is -3.07. The van der Waals surface area contributed by atoms with Crippen LogP contribution < -0.4 is 9.62 Å². The minimum Gasteiger partial charge on any atom is -0.352 e. The first-order chi connectivity index (χ1) is 18.4. The fourth-order valence-electron chi connectivity index (χ4n) is 4.10. The van der Waals surface area contributed by atoms with Crippen LogP contribution in [0.3, 0.4) is 0 Å². The SMILES string of the molecule is Cc1ccc(CN(C(=O)CN(c2cccc(Cl)c2Cl)S(C)(=O)=O)[C@H](Cc2ccccc2)C(=O)NC(C)C)cc1. The molecule has 0 spiro atoms. The molecular formula is C29H33Cl2N3O4S. The van der Waals surface area contributed by atoms with E-state index in [1.165, 1.54) is 17.0 Å². The van der Waals surface area contributed by atoms with Crippen LogP contribution in [0, 0.1) is 6.92 Å². The van der Waals surface area contributed by atoms with Crippen molar-refractivity contribution >= 4 is 50.7 Å². The largest absolute Gasteiger partial charge is 0.352 e. The van der Waals surface area contributed by atoms with Gasteiger partial charge in [0, 0.05) is 19.0 Å². The van der Waals surface area contributed by atoms with Gasteiger partial charge >= 0.3 is 0 Å². The molecule has 0 heterocycles. The lowest BCUT2D eigenvalue weighted by atomic mass is 10.0. The molecule has 0 fully saturated rings. The van der Waals surface area contributed by atoms with Gasteiger partial charge in [0.2, 0.25) is 21.8 Å². The summed E-state index contributed by atoms with van der Waals surface area (Å²) in [5, 5.41) is 3.09. The van der Waals surface area contributed by atoms with Gasteiger partial charge in [0.25, 0.3) is 0 Å². The van der Waals surface area contributed by atoms with Gasteiger partial charge < -0.3 is 10.2 Å². The van der Waals surface area contributed by atoms with E-state index < -0.39 is 28.5 Å². The molecule has 3 rings (SSSR count). The molecule has 10 heteroatoms. The first kappa shape index (κ1) is 30.5. The van der Waals surface area contributed by atoms with Crippen molar-refractivity contribution in [1.29, 1.82) is 0 Å². The van der Waals surface area contributed by atoms with Crippen molar-refractivity contribution in [3.05, 3.63) is 99.5 Å². The molecule has 208 valence electrons. The Morgan fingerprint density at radius 2 is 1.54 bits per heavy atom. The number of carbonyl (C=O) groups is 2.